The van der Waals surface area contributed by atoms with Gasteiger partial charge in [0.1, 0.15) is 5.82 Å². The summed E-state index contributed by atoms with van der Waals surface area (Å²) < 4.78 is 1.93. The fraction of sp³-hybridized carbons (Fsp3) is 0.158. The highest BCUT2D eigenvalue weighted by Crippen LogP contribution is 2.27. The number of nitro groups is 2. The number of hydrogen-bond donors (Lipinski definition) is 2. The number of aromatic amines is 1. The van der Waals surface area contributed by atoms with Gasteiger partial charge in [0.2, 0.25) is 0 Å². The second kappa shape index (κ2) is 7.62. The van der Waals surface area contributed by atoms with Crippen LogP contribution in [0, 0.1) is 41.0 Å². The van der Waals surface area contributed by atoms with Gasteiger partial charge in [0, 0.05) is 29.2 Å². The standard InChI is InChI=1S/C19H17N5O6/c1-10-8-14(23(27)28)5-6-15(10)22-11(2)9-13(12(22)3)4-7-16-20-18(25)17(24(29)30)19(26)21-16/h4-9H,1-3H3,(H2,20,21,25,26). The van der Waals surface area contributed by atoms with E-state index in [1.807, 2.05) is 24.5 Å². The van der Waals surface area contributed by atoms with Gasteiger partial charge in [-0.3, -0.25) is 25.0 Å². The molecule has 0 saturated heterocycles. The van der Waals surface area contributed by atoms with Crippen LogP contribution in [0.2, 0.25) is 0 Å². The highest BCUT2D eigenvalue weighted by atomic mass is 16.6. The molecule has 11 nitrogen and oxygen atoms in total. The molecule has 0 spiro atoms. The third-order valence-electron chi connectivity index (χ3n) is 4.60. The van der Waals surface area contributed by atoms with E-state index in [0.717, 1.165) is 28.2 Å². The topological polar surface area (TPSA) is 157 Å². The van der Waals surface area contributed by atoms with E-state index < -0.39 is 27.0 Å². The lowest BCUT2D eigenvalue weighted by Gasteiger charge is -2.12. The summed E-state index contributed by atoms with van der Waals surface area (Å²) in [5, 5.41) is 31.4. The number of non-ortho nitro benzene ring substituents is 1. The molecule has 0 radical (unpaired) electrons. The number of aromatic nitrogens is 3. The molecule has 0 aliphatic rings. The van der Waals surface area contributed by atoms with Crippen LogP contribution in [0.25, 0.3) is 17.8 Å². The monoisotopic (exact) mass is 411 g/mol. The van der Waals surface area contributed by atoms with Gasteiger partial charge in [0.15, 0.2) is 0 Å². The average molecular weight is 411 g/mol. The second-order valence-corrected chi connectivity index (χ2v) is 6.60. The highest BCUT2D eigenvalue weighted by molar-refractivity contribution is 5.70. The maximum atomic E-state index is 11.8. The summed E-state index contributed by atoms with van der Waals surface area (Å²) in [6.45, 7) is 5.52. The van der Waals surface area contributed by atoms with E-state index >= 15 is 0 Å². The van der Waals surface area contributed by atoms with Gasteiger partial charge in [0.25, 0.3) is 11.6 Å². The van der Waals surface area contributed by atoms with E-state index in [9.17, 15) is 30.1 Å². The first-order valence-electron chi connectivity index (χ1n) is 8.70. The first-order valence-corrected chi connectivity index (χ1v) is 8.70. The van der Waals surface area contributed by atoms with E-state index in [1.165, 1.54) is 18.2 Å². The normalized spacial score (nSPS) is 11.2. The van der Waals surface area contributed by atoms with Crippen LogP contribution in [-0.4, -0.2) is 29.5 Å². The Morgan fingerprint density at radius 3 is 2.37 bits per heavy atom. The lowest BCUT2D eigenvalue weighted by molar-refractivity contribution is -0.387. The largest absolute Gasteiger partial charge is 0.488 e. The van der Waals surface area contributed by atoms with Crippen LogP contribution < -0.4 is 5.56 Å². The molecule has 154 valence electrons. The molecule has 0 unspecified atom stereocenters. The number of nitrogens with zero attached hydrogens (tertiary/aromatic N) is 4. The van der Waals surface area contributed by atoms with Crippen molar-refractivity contribution in [1.82, 2.24) is 14.5 Å². The Bertz CT molecular complexity index is 1270. The molecule has 0 aliphatic heterocycles. The van der Waals surface area contributed by atoms with E-state index in [0.29, 0.717) is 0 Å². The third-order valence-corrected chi connectivity index (χ3v) is 4.60. The van der Waals surface area contributed by atoms with Crippen molar-refractivity contribution < 1.29 is 15.0 Å². The molecule has 1 aromatic carbocycles. The lowest BCUT2D eigenvalue weighted by atomic mass is 10.1. The third kappa shape index (κ3) is 3.68. The molecular formula is C19H17N5O6. The summed E-state index contributed by atoms with van der Waals surface area (Å²) in [7, 11) is 0. The number of nitro benzene ring substituents is 1. The Morgan fingerprint density at radius 1 is 1.10 bits per heavy atom. The molecule has 0 saturated carbocycles. The molecule has 2 aromatic heterocycles. The Morgan fingerprint density at radius 2 is 1.80 bits per heavy atom. The smallest absolute Gasteiger partial charge is 0.395 e. The Labute approximate surface area is 169 Å². The van der Waals surface area contributed by atoms with Crippen LogP contribution >= 0.6 is 0 Å². The zero-order valence-electron chi connectivity index (χ0n) is 16.2. The van der Waals surface area contributed by atoms with Crippen LogP contribution in [0.1, 0.15) is 28.3 Å². The minimum atomic E-state index is -1.06. The van der Waals surface area contributed by atoms with Crippen molar-refractivity contribution in [2.75, 3.05) is 0 Å². The van der Waals surface area contributed by atoms with Crippen LogP contribution in [0.3, 0.4) is 0 Å². The number of H-pyrrole nitrogens is 1. The zero-order valence-corrected chi connectivity index (χ0v) is 16.2. The summed E-state index contributed by atoms with van der Waals surface area (Å²) in [4.78, 5) is 37.9. The average Bonchev–Trinajstić information content (AvgIpc) is 2.92. The molecule has 0 bridgehead atoms. The Hall–Kier alpha value is -4.28. The van der Waals surface area contributed by atoms with Gasteiger partial charge in [-0.05, 0) is 56.2 Å². The minimum Gasteiger partial charge on any atom is -0.488 e. The molecule has 2 N–H and O–H groups in total. The maximum absolute atomic E-state index is 11.8. The second-order valence-electron chi connectivity index (χ2n) is 6.60. The minimum absolute atomic E-state index is 0.00633. The number of rotatable bonds is 5. The lowest BCUT2D eigenvalue weighted by Crippen LogP contribution is -2.14. The summed E-state index contributed by atoms with van der Waals surface area (Å²) in [5.41, 5.74) is 1.92. The number of hydrogen-bond acceptors (Lipinski definition) is 7. The highest BCUT2D eigenvalue weighted by Gasteiger charge is 2.21. The van der Waals surface area contributed by atoms with Crippen LogP contribution in [0.15, 0.2) is 29.1 Å². The van der Waals surface area contributed by atoms with Gasteiger partial charge in [0.05, 0.1) is 9.85 Å². The van der Waals surface area contributed by atoms with Crippen molar-refractivity contribution in [2.24, 2.45) is 0 Å². The van der Waals surface area contributed by atoms with Gasteiger partial charge >= 0.3 is 11.2 Å². The molecule has 0 atom stereocenters. The molecule has 0 aliphatic carbocycles. The van der Waals surface area contributed by atoms with E-state index in [-0.39, 0.29) is 11.5 Å². The summed E-state index contributed by atoms with van der Waals surface area (Å²) in [6, 6.07) is 6.48. The molecule has 11 heteroatoms. The molecular weight excluding hydrogens is 394 g/mol. The van der Waals surface area contributed by atoms with Gasteiger partial charge in [-0.25, -0.2) is 0 Å². The van der Waals surface area contributed by atoms with E-state index in [4.69, 9.17) is 0 Å². The Kier molecular flexibility index (Phi) is 5.20. The maximum Gasteiger partial charge on any atom is 0.395 e. The molecule has 30 heavy (non-hydrogen) atoms. The van der Waals surface area contributed by atoms with Gasteiger partial charge in [-0.2, -0.15) is 4.98 Å². The number of aromatic hydroxyl groups is 1. The molecule has 0 amide bonds. The van der Waals surface area contributed by atoms with Crippen molar-refractivity contribution in [3.8, 4) is 11.6 Å². The quantitative estimate of drug-likeness (QED) is 0.482. The molecule has 0 fully saturated rings. The molecule has 2 heterocycles. The fourth-order valence-corrected chi connectivity index (χ4v) is 3.22. The summed E-state index contributed by atoms with van der Waals surface area (Å²) in [6.07, 6.45) is 3.06. The first-order chi connectivity index (χ1) is 14.1. The summed E-state index contributed by atoms with van der Waals surface area (Å²) in [5.74, 6) is -1.00. The van der Waals surface area contributed by atoms with Gasteiger partial charge in [-0.1, -0.05) is 0 Å². The zero-order chi connectivity index (χ0) is 22.2. The summed E-state index contributed by atoms with van der Waals surface area (Å²) >= 11 is 0. The van der Waals surface area contributed by atoms with Crippen LogP contribution in [0.4, 0.5) is 11.4 Å². The predicted octanol–water partition coefficient (Wildman–Crippen LogP) is 3.18. The Balaban J connectivity index is 2.00. The van der Waals surface area contributed by atoms with Crippen molar-refractivity contribution in [3.63, 3.8) is 0 Å². The first kappa shape index (κ1) is 20.5. The van der Waals surface area contributed by atoms with Crippen LogP contribution in [-0.2, 0) is 0 Å². The number of nitrogens with one attached hydrogen (secondary N) is 1. The fourth-order valence-electron chi connectivity index (χ4n) is 3.22. The number of aryl methyl sites for hydroxylation is 2. The van der Waals surface area contributed by atoms with Gasteiger partial charge < -0.3 is 14.7 Å². The SMILES string of the molecule is Cc1cc([N+](=O)[O-])ccc1-n1c(C)cc(C=Cc2nc(O)c([N+](=O)[O-])c(=O)[nH]2)c1C. The van der Waals surface area contributed by atoms with Crippen molar-refractivity contribution in [1.29, 1.82) is 0 Å². The van der Waals surface area contributed by atoms with Gasteiger partial charge in [-0.15, -0.1) is 0 Å². The molecule has 3 aromatic rings. The molecule has 3 rings (SSSR count). The van der Waals surface area contributed by atoms with Crippen LogP contribution in [0.5, 0.6) is 5.88 Å². The van der Waals surface area contributed by atoms with Crippen molar-refractivity contribution >= 4 is 23.5 Å². The van der Waals surface area contributed by atoms with Crippen molar-refractivity contribution in [2.45, 2.75) is 20.8 Å². The van der Waals surface area contributed by atoms with E-state index in [2.05, 4.69) is 9.97 Å². The van der Waals surface area contributed by atoms with Crippen molar-refractivity contribution in [3.05, 3.63) is 83.2 Å². The predicted molar refractivity (Wildman–Crippen MR) is 109 cm³/mol. The number of benzene rings is 1. The van der Waals surface area contributed by atoms with E-state index in [1.54, 1.807) is 19.1 Å².